The highest BCUT2D eigenvalue weighted by Gasteiger charge is 2.50. The molecule has 1 aromatic heterocycles. The Labute approximate surface area is 161 Å². The number of carbonyl (C=O) groups is 1. The lowest BCUT2D eigenvalue weighted by Gasteiger charge is -2.44. The van der Waals surface area contributed by atoms with Crippen LogP contribution in [-0.2, 0) is 10.2 Å². The van der Waals surface area contributed by atoms with Crippen LogP contribution < -0.4 is 0 Å². The molecule has 27 heavy (non-hydrogen) atoms. The minimum atomic E-state index is 0.120. The smallest absolute Gasteiger partial charge is 0.253 e. The Balaban J connectivity index is 1.57. The van der Waals surface area contributed by atoms with Gasteiger partial charge in [-0.2, -0.15) is 0 Å². The first-order valence-corrected chi connectivity index (χ1v) is 9.69. The van der Waals surface area contributed by atoms with Crippen LogP contribution in [0.3, 0.4) is 0 Å². The van der Waals surface area contributed by atoms with E-state index in [-0.39, 0.29) is 11.3 Å². The quantitative estimate of drug-likeness (QED) is 0.817. The minimum Gasteiger partial charge on any atom is -0.383 e. The van der Waals surface area contributed by atoms with Crippen LogP contribution in [0.5, 0.6) is 0 Å². The maximum atomic E-state index is 12.9. The zero-order chi connectivity index (χ0) is 18.7. The molecule has 2 aliphatic rings. The van der Waals surface area contributed by atoms with Gasteiger partial charge in [-0.15, -0.1) is 0 Å². The summed E-state index contributed by atoms with van der Waals surface area (Å²) < 4.78 is 5.30. The average molecular weight is 365 g/mol. The van der Waals surface area contributed by atoms with Gasteiger partial charge in [-0.05, 0) is 24.1 Å². The van der Waals surface area contributed by atoms with E-state index in [1.165, 1.54) is 5.56 Å². The molecule has 1 aromatic carbocycles. The summed E-state index contributed by atoms with van der Waals surface area (Å²) in [5, 5.41) is 0. The molecule has 0 N–H and O–H groups in total. The number of carbonyl (C=O) groups excluding carboxylic acids is 1. The fourth-order valence-corrected chi connectivity index (χ4v) is 4.78. The molecular formula is C22H27N3O2. The van der Waals surface area contributed by atoms with Crippen LogP contribution in [0.15, 0.2) is 54.9 Å². The van der Waals surface area contributed by atoms with E-state index in [1.807, 2.05) is 4.90 Å². The molecule has 4 rings (SSSR count). The molecule has 2 saturated heterocycles. The zero-order valence-corrected chi connectivity index (χ0v) is 15.9. The van der Waals surface area contributed by atoms with Crippen molar-refractivity contribution in [1.29, 1.82) is 0 Å². The number of nitrogens with zero attached hydrogens (tertiary/aromatic N) is 3. The van der Waals surface area contributed by atoms with Crippen molar-refractivity contribution < 1.29 is 9.53 Å². The summed E-state index contributed by atoms with van der Waals surface area (Å²) in [6.45, 7) is 5.35. The van der Waals surface area contributed by atoms with Gasteiger partial charge < -0.3 is 9.64 Å². The van der Waals surface area contributed by atoms with Crippen LogP contribution in [0.1, 0.15) is 22.3 Å². The van der Waals surface area contributed by atoms with Gasteiger partial charge in [0.2, 0.25) is 0 Å². The second-order valence-electron chi connectivity index (χ2n) is 7.68. The molecule has 0 bridgehead atoms. The number of methoxy groups -OCH3 is 1. The molecule has 5 nitrogen and oxygen atoms in total. The summed E-state index contributed by atoms with van der Waals surface area (Å²) in [6.07, 6.45) is 4.38. The van der Waals surface area contributed by atoms with Crippen LogP contribution in [-0.4, -0.2) is 67.1 Å². The third kappa shape index (κ3) is 3.49. The predicted octanol–water partition coefficient (Wildman–Crippen LogP) is 2.44. The zero-order valence-electron chi connectivity index (χ0n) is 15.9. The second kappa shape index (κ2) is 7.79. The number of hydrogen-bond acceptors (Lipinski definition) is 4. The maximum absolute atomic E-state index is 12.9. The number of pyridine rings is 1. The lowest BCUT2D eigenvalue weighted by atomic mass is 9.68. The van der Waals surface area contributed by atoms with Crippen molar-refractivity contribution in [2.45, 2.75) is 11.8 Å². The number of piperidine rings is 1. The molecule has 0 saturated carbocycles. The summed E-state index contributed by atoms with van der Waals surface area (Å²) in [7, 11) is 1.76. The first-order valence-electron chi connectivity index (χ1n) is 9.69. The summed E-state index contributed by atoms with van der Waals surface area (Å²) in [4.78, 5) is 21.5. The Morgan fingerprint density at radius 1 is 1.19 bits per heavy atom. The van der Waals surface area contributed by atoms with Gasteiger partial charge in [0, 0.05) is 69.1 Å². The molecule has 2 aromatic rings. The number of hydrogen-bond donors (Lipinski definition) is 0. The molecule has 0 radical (unpaired) electrons. The number of likely N-dealkylation sites (tertiary alicyclic amines) is 2. The first kappa shape index (κ1) is 18.1. The Bertz CT molecular complexity index is 768. The van der Waals surface area contributed by atoms with Gasteiger partial charge in [0.05, 0.1) is 6.61 Å². The molecule has 2 aliphatic heterocycles. The average Bonchev–Trinajstić information content (AvgIpc) is 3.12. The van der Waals surface area contributed by atoms with E-state index in [1.54, 1.807) is 31.6 Å². The van der Waals surface area contributed by atoms with Crippen molar-refractivity contribution in [2.24, 2.45) is 5.92 Å². The molecule has 2 fully saturated rings. The standard InChI is InChI=1S/C22H27N3O2/c1-27-14-13-24-15-20-16-25(21(26)18-7-10-23-11-8-18)12-9-22(20,17-24)19-5-3-2-4-6-19/h2-8,10-11,20H,9,12-17H2,1H3. The molecular weight excluding hydrogens is 338 g/mol. The monoisotopic (exact) mass is 365 g/mol. The molecule has 0 spiro atoms. The molecule has 2 unspecified atom stereocenters. The van der Waals surface area contributed by atoms with E-state index in [4.69, 9.17) is 4.74 Å². The highest BCUT2D eigenvalue weighted by molar-refractivity contribution is 5.94. The van der Waals surface area contributed by atoms with E-state index < -0.39 is 0 Å². The first-order chi connectivity index (χ1) is 13.2. The molecule has 1 amide bonds. The van der Waals surface area contributed by atoms with Crippen molar-refractivity contribution >= 4 is 5.91 Å². The van der Waals surface area contributed by atoms with E-state index in [0.717, 1.165) is 51.3 Å². The van der Waals surface area contributed by atoms with Crippen LogP contribution in [0.25, 0.3) is 0 Å². The van der Waals surface area contributed by atoms with Crippen molar-refractivity contribution in [3.05, 3.63) is 66.0 Å². The highest BCUT2D eigenvalue weighted by Crippen LogP contribution is 2.45. The van der Waals surface area contributed by atoms with Crippen molar-refractivity contribution in [3.63, 3.8) is 0 Å². The van der Waals surface area contributed by atoms with Gasteiger partial charge >= 0.3 is 0 Å². The summed E-state index contributed by atoms with van der Waals surface area (Å²) >= 11 is 0. The number of aromatic nitrogens is 1. The Morgan fingerprint density at radius 2 is 1.96 bits per heavy atom. The SMILES string of the molecule is COCCN1CC2CN(C(=O)c3ccncc3)CCC2(c2ccccc2)C1. The topological polar surface area (TPSA) is 45.7 Å². The third-order valence-electron chi connectivity index (χ3n) is 6.21. The summed E-state index contributed by atoms with van der Waals surface area (Å²) in [5.74, 6) is 0.561. The summed E-state index contributed by atoms with van der Waals surface area (Å²) in [5.41, 5.74) is 2.27. The van der Waals surface area contributed by atoms with Crippen LogP contribution in [0.2, 0.25) is 0 Å². The van der Waals surface area contributed by atoms with Gasteiger partial charge in [0.15, 0.2) is 0 Å². The van der Waals surface area contributed by atoms with E-state index in [2.05, 4.69) is 40.2 Å². The maximum Gasteiger partial charge on any atom is 0.253 e. The van der Waals surface area contributed by atoms with Crippen molar-refractivity contribution in [3.8, 4) is 0 Å². The van der Waals surface area contributed by atoms with E-state index in [9.17, 15) is 4.79 Å². The van der Waals surface area contributed by atoms with Crippen molar-refractivity contribution in [2.75, 3.05) is 46.4 Å². The fraction of sp³-hybridized carbons (Fsp3) is 0.455. The van der Waals surface area contributed by atoms with E-state index >= 15 is 0 Å². The third-order valence-corrected chi connectivity index (χ3v) is 6.21. The Morgan fingerprint density at radius 3 is 2.70 bits per heavy atom. The van der Waals surface area contributed by atoms with Crippen LogP contribution >= 0.6 is 0 Å². The van der Waals surface area contributed by atoms with Gasteiger partial charge in [0.1, 0.15) is 0 Å². The molecule has 5 heteroatoms. The number of fused-ring (bicyclic) bond motifs is 1. The Hall–Kier alpha value is -2.24. The van der Waals surface area contributed by atoms with Gasteiger partial charge in [-0.25, -0.2) is 0 Å². The van der Waals surface area contributed by atoms with Crippen molar-refractivity contribution in [1.82, 2.24) is 14.8 Å². The minimum absolute atomic E-state index is 0.120. The largest absolute Gasteiger partial charge is 0.383 e. The fourth-order valence-electron chi connectivity index (χ4n) is 4.78. The van der Waals surface area contributed by atoms with E-state index in [0.29, 0.717) is 5.92 Å². The van der Waals surface area contributed by atoms with Gasteiger partial charge in [0.25, 0.3) is 5.91 Å². The number of rotatable bonds is 5. The lowest BCUT2D eigenvalue weighted by molar-refractivity contribution is 0.0602. The summed E-state index contributed by atoms with van der Waals surface area (Å²) in [6, 6.07) is 14.5. The molecule has 2 atom stereocenters. The number of benzene rings is 1. The van der Waals surface area contributed by atoms with Crippen LogP contribution in [0.4, 0.5) is 0 Å². The molecule has 0 aliphatic carbocycles. The van der Waals surface area contributed by atoms with Gasteiger partial charge in [-0.1, -0.05) is 30.3 Å². The molecule has 142 valence electrons. The predicted molar refractivity (Wildman–Crippen MR) is 105 cm³/mol. The second-order valence-corrected chi connectivity index (χ2v) is 7.68. The lowest BCUT2D eigenvalue weighted by Crippen LogP contribution is -2.51. The van der Waals surface area contributed by atoms with Gasteiger partial charge in [-0.3, -0.25) is 14.7 Å². The number of ether oxygens (including phenoxy) is 1. The highest BCUT2D eigenvalue weighted by atomic mass is 16.5. The van der Waals surface area contributed by atoms with Crippen LogP contribution in [0, 0.1) is 5.92 Å². The Kier molecular flexibility index (Phi) is 5.23. The molecule has 3 heterocycles. The number of amides is 1. The normalized spacial score (nSPS) is 25.4.